The molecular formula is C24H25ClN4O4. The van der Waals surface area contributed by atoms with Crippen molar-refractivity contribution in [2.75, 3.05) is 50.0 Å². The highest BCUT2D eigenvalue weighted by atomic mass is 35.5. The fraction of sp³-hybridized carbons (Fsp3) is 0.292. The zero-order chi connectivity index (χ0) is 23.4. The van der Waals surface area contributed by atoms with E-state index in [9.17, 15) is 14.4 Å². The third-order valence-corrected chi connectivity index (χ3v) is 5.77. The van der Waals surface area contributed by atoms with Crippen LogP contribution < -0.4 is 10.6 Å². The molecule has 0 atom stereocenters. The second-order valence-corrected chi connectivity index (χ2v) is 8.29. The SMILES string of the molecule is CC(=O)Nc1ccc(NC2=C(c3ccc(Cl)cc3)C(=O)N(CCN3CCOCC3)C2=O)cc1. The number of ether oxygens (including phenoxy) is 1. The number of imide groups is 1. The van der Waals surface area contributed by atoms with Gasteiger partial charge in [-0.15, -0.1) is 0 Å². The predicted molar refractivity (Wildman–Crippen MR) is 127 cm³/mol. The van der Waals surface area contributed by atoms with E-state index < -0.39 is 0 Å². The Bertz CT molecular complexity index is 1080. The highest BCUT2D eigenvalue weighted by molar-refractivity contribution is 6.37. The van der Waals surface area contributed by atoms with Crippen LogP contribution in [0.4, 0.5) is 11.4 Å². The van der Waals surface area contributed by atoms with E-state index in [4.69, 9.17) is 16.3 Å². The molecule has 2 heterocycles. The standard InChI is InChI=1S/C24H25ClN4O4/c1-16(30)26-19-6-8-20(9-7-19)27-22-21(17-2-4-18(25)5-3-17)23(31)29(24(22)32)11-10-28-12-14-33-15-13-28/h2-9,27H,10-15H2,1H3,(H,26,30). The smallest absolute Gasteiger partial charge is 0.278 e. The molecule has 2 aromatic carbocycles. The number of morpholine rings is 1. The molecule has 0 saturated carbocycles. The summed E-state index contributed by atoms with van der Waals surface area (Å²) < 4.78 is 5.37. The maximum Gasteiger partial charge on any atom is 0.278 e. The van der Waals surface area contributed by atoms with Crippen molar-refractivity contribution < 1.29 is 19.1 Å². The zero-order valence-electron chi connectivity index (χ0n) is 18.3. The molecule has 2 aromatic rings. The first-order chi connectivity index (χ1) is 15.9. The molecule has 1 saturated heterocycles. The Labute approximate surface area is 197 Å². The Hall–Kier alpha value is -3.20. The summed E-state index contributed by atoms with van der Waals surface area (Å²) >= 11 is 6.03. The van der Waals surface area contributed by atoms with Crippen LogP contribution in [0.25, 0.3) is 5.57 Å². The maximum atomic E-state index is 13.3. The minimum Gasteiger partial charge on any atom is -0.379 e. The van der Waals surface area contributed by atoms with E-state index in [1.165, 1.54) is 11.8 Å². The van der Waals surface area contributed by atoms with Gasteiger partial charge in [-0.05, 0) is 42.0 Å². The van der Waals surface area contributed by atoms with Gasteiger partial charge in [-0.2, -0.15) is 0 Å². The fourth-order valence-electron chi connectivity index (χ4n) is 3.83. The lowest BCUT2D eigenvalue weighted by Gasteiger charge is -2.28. The molecule has 2 aliphatic rings. The molecule has 2 N–H and O–H groups in total. The zero-order valence-corrected chi connectivity index (χ0v) is 19.0. The van der Waals surface area contributed by atoms with Crippen molar-refractivity contribution >= 4 is 46.3 Å². The summed E-state index contributed by atoms with van der Waals surface area (Å²) in [6.45, 7) is 5.17. The number of nitrogens with one attached hydrogen (secondary N) is 2. The van der Waals surface area contributed by atoms with Gasteiger partial charge in [-0.3, -0.25) is 24.2 Å². The third kappa shape index (κ3) is 5.42. The van der Waals surface area contributed by atoms with E-state index in [0.717, 1.165) is 13.1 Å². The van der Waals surface area contributed by atoms with Gasteiger partial charge < -0.3 is 15.4 Å². The molecule has 33 heavy (non-hydrogen) atoms. The lowest BCUT2D eigenvalue weighted by Crippen LogP contribution is -2.43. The molecule has 0 unspecified atom stereocenters. The number of hydrogen-bond donors (Lipinski definition) is 2. The molecule has 0 radical (unpaired) electrons. The van der Waals surface area contributed by atoms with Crippen LogP contribution in [0.5, 0.6) is 0 Å². The maximum absolute atomic E-state index is 13.3. The van der Waals surface area contributed by atoms with Gasteiger partial charge in [0.2, 0.25) is 5.91 Å². The molecule has 2 aliphatic heterocycles. The van der Waals surface area contributed by atoms with Crippen molar-refractivity contribution in [2.24, 2.45) is 0 Å². The van der Waals surface area contributed by atoms with Gasteiger partial charge >= 0.3 is 0 Å². The number of rotatable bonds is 7. The summed E-state index contributed by atoms with van der Waals surface area (Å²) in [4.78, 5) is 41.4. The molecule has 9 heteroatoms. The third-order valence-electron chi connectivity index (χ3n) is 5.52. The van der Waals surface area contributed by atoms with Crippen molar-refractivity contribution in [1.29, 1.82) is 0 Å². The molecule has 1 fully saturated rings. The molecule has 0 bridgehead atoms. The molecule has 0 spiro atoms. The van der Waals surface area contributed by atoms with E-state index in [-0.39, 0.29) is 23.4 Å². The number of nitrogens with zero attached hydrogens (tertiary/aromatic N) is 2. The second-order valence-electron chi connectivity index (χ2n) is 7.86. The molecule has 172 valence electrons. The van der Waals surface area contributed by atoms with Crippen LogP contribution in [0, 0.1) is 0 Å². The van der Waals surface area contributed by atoms with E-state index in [0.29, 0.717) is 53.8 Å². The van der Waals surface area contributed by atoms with Crippen LogP contribution >= 0.6 is 11.6 Å². The first-order valence-corrected chi connectivity index (χ1v) is 11.1. The van der Waals surface area contributed by atoms with Gasteiger partial charge in [0, 0.05) is 49.5 Å². The van der Waals surface area contributed by atoms with Gasteiger partial charge in [0.25, 0.3) is 11.8 Å². The Kier molecular flexibility index (Phi) is 7.08. The van der Waals surface area contributed by atoms with Gasteiger partial charge in [0.15, 0.2) is 0 Å². The van der Waals surface area contributed by atoms with Crippen molar-refractivity contribution in [3.8, 4) is 0 Å². The van der Waals surface area contributed by atoms with E-state index in [1.807, 2.05) is 0 Å². The number of carbonyl (C=O) groups excluding carboxylic acids is 3. The van der Waals surface area contributed by atoms with Gasteiger partial charge in [-0.25, -0.2) is 0 Å². The van der Waals surface area contributed by atoms with E-state index in [1.54, 1.807) is 48.5 Å². The lowest BCUT2D eigenvalue weighted by atomic mass is 10.0. The van der Waals surface area contributed by atoms with Crippen molar-refractivity contribution in [2.45, 2.75) is 6.92 Å². The van der Waals surface area contributed by atoms with Gasteiger partial charge in [0.1, 0.15) is 5.70 Å². The topological polar surface area (TPSA) is 91.0 Å². The Morgan fingerprint density at radius 2 is 1.58 bits per heavy atom. The molecule has 0 aliphatic carbocycles. The Morgan fingerprint density at radius 3 is 2.21 bits per heavy atom. The first kappa shape index (κ1) is 23.0. The van der Waals surface area contributed by atoms with Gasteiger partial charge in [0.05, 0.1) is 18.8 Å². The van der Waals surface area contributed by atoms with Crippen LogP contribution in [0.1, 0.15) is 12.5 Å². The predicted octanol–water partition coefficient (Wildman–Crippen LogP) is 2.82. The number of hydrogen-bond acceptors (Lipinski definition) is 6. The van der Waals surface area contributed by atoms with Crippen molar-refractivity contribution in [1.82, 2.24) is 9.80 Å². The lowest BCUT2D eigenvalue weighted by molar-refractivity contribution is -0.137. The monoisotopic (exact) mass is 468 g/mol. The summed E-state index contributed by atoms with van der Waals surface area (Å²) in [7, 11) is 0. The van der Waals surface area contributed by atoms with Crippen LogP contribution in [0.15, 0.2) is 54.2 Å². The highest BCUT2D eigenvalue weighted by Crippen LogP contribution is 2.31. The minimum absolute atomic E-state index is 0.170. The summed E-state index contributed by atoms with van der Waals surface area (Å²) in [5.41, 5.74) is 2.41. The Morgan fingerprint density at radius 1 is 0.939 bits per heavy atom. The number of anilines is 2. The van der Waals surface area contributed by atoms with Gasteiger partial charge in [-0.1, -0.05) is 23.7 Å². The normalized spacial score (nSPS) is 17.0. The van der Waals surface area contributed by atoms with Crippen molar-refractivity contribution in [3.63, 3.8) is 0 Å². The number of halogens is 1. The summed E-state index contributed by atoms with van der Waals surface area (Å²) in [5, 5.41) is 6.37. The Balaban J connectivity index is 1.59. The highest BCUT2D eigenvalue weighted by Gasteiger charge is 2.39. The van der Waals surface area contributed by atoms with E-state index in [2.05, 4.69) is 15.5 Å². The van der Waals surface area contributed by atoms with Crippen LogP contribution in [-0.2, 0) is 19.1 Å². The summed E-state index contributed by atoms with van der Waals surface area (Å²) in [6.07, 6.45) is 0. The minimum atomic E-state index is -0.371. The molecule has 3 amide bonds. The number of carbonyl (C=O) groups is 3. The largest absolute Gasteiger partial charge is 0.379 e. The fourth-order valence-corrected chi connectivity index (χ4v) is 3.96. The average Bonchev–Trinajstić information content (AvgIpc) is 3.03. The quantitative estimate of drug-likeness (QED) is 0.607. The molecule has 8 nitrogen and oxygen atoms in total. The summed E-state index contributed by atoms with van der Waals surface area (Å²) in [5.74, 6) is -0.881. The molecular weight excluding hydrogens is 444 g/mol. The van der Waals surface area contributed by atoms with Crippen LogP contribution in [0.2, 0.25) is 5.02 Å². The average molecular weight is 469 g/mol. The van der Waals surface area contributed by atoms with Crippen LogP contribution in [0.3, 0.4) is 0 Å². The van der Waals surface area contributed by atoms with Crippen molar-refractivity contribution in [3.05, 3.63) is 64.8 Å². The second kappa shape index (κ2) is 10.2. The summed E-state index contributed by atoms with van der Waals surface area (Å²) in [6, 6.07) is 13.8. The molecule has 4 rings (SSSR count). The number of benzene rings is 2. The number of amides is 3. The van der Waals surface area contributed by atoms with E-state index >= 15 is 0 Å². The first-order valence-electron chi connectivity index (χ1n) is 10.7. The molecule has 0 aromatic heterocycles. The van der Waals surface area contributed by atoms with Crippen LogP contribution in [-0.4, -0.2) is 66.9 Å².